The van der Waals surface area contributed by atoms with E-state index in [0.717, 1.165) is 0 Å². The summed E-state index contributed by atoms with van der Waals surface area (Å²) in [5.41, 5.74) is 0.460. The van der Waals surface area contributed by atoms with E-state index in [9.17, 15) is 9.59 Å². The number of carbonyl (C=O) groups is 1. The van der Waals surface area contributed by atoms with Gasteiger partial charge in [0.1, 0.15) is 6.54 Å². The Morgan fingerprint density at radius 1 is 1.48 bits per heavy atom. The maximum Gasteiger partial charge on any atom is 0.263 e. The molecule has 2 aromatic heterocycles. The van der Waals surface area contributed by atoms with Crippen LogP contribution in [0.25, 0.3) is 10.9 Å². The first-order valence-corrected chi connectivity index (χ1v) is 6.95. The lowest BCUT2D eigenvalue weighted by Gasteiger charge is -2.31. The molecule has 7 nitrogen and oxygen atoms in total. The van der Waals surface area contributed by atoms with Gasteiger partial charge in [-0.1, -0.05) is 0 Å². The van der Waals surface area contributed by atoms with Gasteiger partial charge in [0.15, 0.2) is 0 Å². The SMILES string of the molecule is CC1CN(C(=O)Cn2cnc3cn(C)cc3c2=O)CCO1. The van der Waals surface area contributed by atoms with Gasteiger partial charge in [0.25, 0.3) is 5.56 Å². The summed E-state index contributed by atoms with van der Waals surface area (Å²) in [6, 6.07) is 0. The topological polar surface area (TPSA) is 69.4 Å². The fourth-order valence-electron chi connectivity index (χ4n) is 2.58. The Kier molecular flexibility index (Phi) is 3.50. The predicted molar refractivity (Wildman–Crippen MR) is 77.0 cm³/mol. The van der Waals surface area contributed by atoms with Gasteiger partial charge < -0.3 is 14.2 Å². The highest BCUT2D eigenvalue weighted by molar-refractivity contribution is 5.78. The number of aromatic nitrogens is 3. The number of aryl methyl sites for hydroxylation is 1. The minimum Gasteiger partial charge on any atom is -0.375 e. The summed E-state index contributed by atoms with van der Waals surface area (Å²) < 4.78 is 8.57. The van der Waals surface area contributed by atoms with E-state index in [2.05, 4.69) is 4.98 Å². The number of hydrogen-bond acceptors (Lipinski definition) is 4. The van der Waals surface area contributed by atoms with Crippen LogP contribution in [0.4, 0.5) is 0 Å². The lowest BCUT2D eigenvalue weighted by atomic mass is 10.3. The highest BCUT2D eigenvalue weighted by Gasteiger charge is 2.22. The Bertz CT molecular complexity index is 733. The highest BCUT2D eigenvalue weighted by Crippen LogP contribution is 2.08. The van der Waals surface area contributed by atoms with Gasteiger partial charge in [-0.05, 0) is 6.92 Å². The Labute approximate surface area is 121 Å². The zero-order valence-corrected chi connectivity index (χ0v) is 12.2. The number of rotatable bonds is 2. The van der Waals surface area contributed by atoms with Crippen molar-refractivity contribution in [3.8, 4) is 0 Å². The average Bonchev–Trinajstić information content (AvgIpc) is 2.83. The first-order chi connectivity index (χ1) is 10.0. The van der Waals surface area contributed by atoms with Crippen LogP contribution in [0.3, 0.4) is 0 Å². The van der Waals surface area contributed by atoms with Crippen molar-refractivity contribution in [2.24, 2.45) is 7.05 Å². The zero-order valence-electron chi connectivity index (χ0n) is 12.2. The van der Waals surface area contributed by atoms with Gasteiger partial charge in [0, 0.05) is 32.5 Å². The molecule has 21 heavy (non-hydrogen) atoms. The van der Waals surface area contributed by atoms with Crippen LogP contribution in [-0.2, 0) is 23.1 Å². The third kappa shape index (κ3) is 2.69. The summed E-state index contributed by atoms with van der Waals surface area (Å²) in [5.74, 6) is -0.0793. The molecule has 7 heteroatoms. The van der Waals surface area contributed by atoms with Crippen molar-refractivity contribution in [3.05, 3.63) is 29.1 Å². The van der Waals surface area contributed by atoms with E-state index >= 15 is 0 Å². The van der Waals surface area contributed by atoms with Crippen LogP contribution in [0.5, 0.6) is 0 Å². The number of fused-ring (bicyclic) bond motifs is 1. The molecule has 1 amide bonds. The minimum absolute atomic E-state index is 0.0172. The summed E-state index contributed by atoms with van der Waals surface area (Å²) >= 11 is 0. The van der Waals surface area contributed by atoms with Crippen LogP contribution in [0.15, 0.2) is 23.5 Å². The van der Waals surface area contributed by atoms with E-state index in [0.29, 0.717) is 30.6 Å². The van der Waals surface area contributed by atoms with E-state index < -0.39 is 0 Å². The van der Waals surface area contributed by atoms with Crippen LogP contribution >= 0.6 is 0 Å². The standard InChI is InChI=1S/C14H18N4O3/c1-10-5-17(3-4-21-10)13(19)8-18-9-15-12-7-16(2)6-11(12)14(18)20/h6-7,9-10H,3-5,8H2,1-2H3. The molecule has 112 valence electrons. The molecule has 1 fully saturated rings. The molecule has 1 aliphatic rings. The molecule has 0 aromatic carbocycles. The molecular formula is C14H18N4O3. The van der Waals surface area contributed by atoms with Crippen molar-refractivity contribution in [1.29, 1.82) is 0 Å². The number of morpholine rings is 1. The summed E-state index contributed by atoms with van der Waals surface area (Å²) in [6.07, 6.45) is 4.98. The first kappa shape index (κ1) is 13.8. The Morgan fingerprint density at radius 3 is 3.05 bits per heavy atom. The zero-order chi connectivity index (χ0) is 15.0. The quantitative estimate of drug-likeness (QED) is 0.779. The molecule has 0 radical (unpaired) electrons. The third-order valence-electron chi connectivity index (χ3n) is 3.66. The van der Waals surface area contributed by atoms with Crippen molar-refractivity contribution < 1.29 is 9.53 Å². The van der Waals surface area contributed by atoms with Gasteiger partial charge in [-0.2, -0.15) is 0 Å². The molecule has 1 aliphatic heterocycles. The molecule has 0 bridgehead atoms. The minimum atomic E-state index is -0.185. The number of carbonyl (C=O) groups excluding carboxylic acids is 1. The number of ether oxygens (including phenoxy) is 1. The van der Waals surface area contributed by atoms with Gasteiger partial charge in [-0.3, -0.25) is 14.2 Å². The van der Waals surface area contributed by atoms with Crippen LogP contribution in [-0.4, -0.2) is 50.7 Å². The summed E-state index contributed by atoms with van der Waals surface area (Å²) in [5, 5.41) is 0.531. The lowest BCUT2D eigenvalue weighted by molar-refractivity contribution is -0.138. The summed E-state index contributed by atoms with van der Waals surface area (Å²) in [4.78, 5) is 30.6. The largest absolute Gasteiger partial charge is 0.375 e. The molecule has 0 saturated carbocycles. The molecule has 3 heterocycles. The van der Waals surface area contributed by atoms with E-state index in [1.807, 2.05) is 14.0 Å². The molecular weight excluding hydrogens is 272 g/mol. The smallest absolute Gasteiger partial charge is 0.263 e. The molecule has 2 aromatic rings. The van der Waals surface area contributed by atoms with Crippen LogP contribution in [0.1, 0.15) is 6.92 Å². The van der Waals surface area contributed by atoms with Crippen LogP contribution in [0.2, 0.25) is 0 Å². The third-order valence-corrected chi connectivity index (χ3v) is 3.66. The first-order valence-electron chi connectivity index (χ1n) is 6.95. The molecule has 1 saturated heterocycles. The maximum atomic E-state index is 12.3. The lowest BCUT2D eigenvalue weighted by Crippen LogP contribution is -2.46. The van der Waals surface area contributed by atoms with E-state index in [-0.39, 0.29) is 24.1 Å². The van der Waals surface area contributed by atoms with E-state index in [4.69, 9.17) is 4.74 Å². The number of nitrogens with zero attached hydrogens (tertiary/aromatic N) is 4. The van der Waals surface area contributed by atoms with Crippen molar-refractivity contribution in [2.45, 2.75) is 19.6 Å². The number of hydrogen-bond donors (Lipinski definition) is 0. The Balaban J connectivity index is 1.82. The Morgan fingerprint density at radius 2 is 2.29 bits per heavy atom. The molecule has 3 rings (SSSR count). The Hall–Kier alpha value is -2.15. The van der Waals surface area contributed by atoms with Crippen molar-refractivity contribution >= 4 is 16.8 Å². The molecule has 1 unspecified atom stereocenters. The predicted octanol–water partition coefficient (Wildman–Crippen LogP) is -0.0177. The fraction of sp³-hybridized carbons (Fsp3) is 0.500. The second-order valence-corrected chi connectivity index (χ2v) is 5.42. The van der Waals surface area contributed by atoms with Crippen LogP contribution < -0.4 is 5.56 Å². The van der Waals surface area contributed by atoms with Crippen molar-refractivity contribution in [3.63, 3.8) is 0 Å². The molecule has 0 N–H and O–H groups in total. The van der Waals surface area contributed by atoms with E-state index in [1.54, 1.807) is 21.9 Å². The van der Waals surface area contributed by atoms with Crippen molar-refractivity contribution in [2.75, 3.05) is 19.7 Å². The van der Waals surface area contributed by atoms with Gasteiger partial charge in [-0.15, -0.1) is 0 Å². The summed E-state index contributed by atoms with van der Waals surface area (Å²) in [6.45, 7) is 3.62. The van der Waals surface area contributed by atoms with Gasteiger partial charge in [-0.25, -0.2) is 4.98 Å². The fourth-order valence-corrected chi connectivity index (χ4v) is 2.58. The number of amides is 1. The normalized spacial score (nSPS) is 19.1. The average molecular weight is 290 g/mol. The molecule has 0 spiro atoms. The van der Waals surface area contributed by atoms with Gasteiger partial charge in [0.2, 0.25) is 5.91 Å². The monoisotopic (exact) mass is 290 g/mol. The maximum absolute atomic E-state index is 12.3. The van der Waals surface area contributed by atoms with Crippen LogP contribution in [0, 0.1) is 0 Å². The highest BCUT2D eigenvalue weighted by atomic mass is 16.5. The van der Waals surface area contributed by atoms with Gasteiger partial charge in [0.05, 0.1) is 29.9 Å². The molecule has 0 aliphatic carbocycles. The van der Waals surface area contributed by atoms with E-state index in [1.165, 1.54) is 10.9 Å². The van der Waals surface area contributed by atoms with Gasteiger partial charge >= 0.3 is 0 Å². The second kappa shape index (κ2) is 5.33. The second-order valence-electron chi connectivity index (χ2n) is 5.42. The molecule has 1 atom stereocenters. The van der Waals surface area contributed by atoms with Crippen molar-refractivity contribution in [1.82, 2.24) is 19.0 Å². The summed E-state index contributed by atoms with van der Waals surface area (Å²) in [7, 11) is 1.84.